The fraction of sp³-hybridized carbons (Fsp3) is 0.706. The minimum Gasteiger partial charge on any atom is -0.354 e. The van der Waals surface area contributed by atoms with Gasteiger partial charge in [0.2, 0.25) is 0 Å². The van der Waals surface area contributed by atoms with E-state index in [-0.39, 0.29) is 0 Å². The van der Waals surface area contributed by atoms with Gasteiger partial charge in [0.1, 0.15) is 5.82 Å². The zero-order valence-corrected chi connectivity index (χ0v) is 13.4. The van der Waals surface area contributed by atoms with Crippen LogP contribution in [-0.2, 0) is 13.0 Å². The topological polar surface area (TPSA) is 28.2 Å². The van der Waals surface area contributed by atoms with Crippen LogP contribution < -0.4 is 10.2 Å². The molecule has 0 spiro atoms. The zero-order chi connectivity index (χ0) is 14.5. The molecule has 1 N–H and O–H groups in total. The van der Waals surface area contributed by atoms with Gasteiger partial charge in [0.15, 0.2) is 0 Å². The molecule has 2 rings (SSSR count). The highest BCUT2D eigenvalue weighted by Gasteiger charge is 2.25. The highest BCUT2D eigenvalue weighted by atomic mass is 15.2. The van der Waals surface area contributed by atoms with Crippen molar-refractivity contribution in [2.75, 3.05) is 18.0 Å². The molecule has 0 amide bonds. The molecule has 2 atom stereocenters. The molecular weight excluding hydrogens is 246 g/mol. The van der Waals surface area contributed by atoms with Crippen LogP contribution in [-0.4, -0.2) is 24.1 Å². The van der Waals surface area contributed by atoms with Gasteiger partial charge in [0.05, 0.1) is 0 Å². The number of hydrogen-bond acceptors (Lipinski definition) is 3. The lowest BCUT2D eigenvalue weighted by atomic mass is 9.92. The average Bonchev–Trinajstić information content (AvgIpc) is 2.47. The van der Waals surface area contributed by atoms with Gasteiger partial charge in [0, 0.05) is 24.8 Å². The standard InChI is InChI=1S/C17H29N3/c1-5-16-10-15(12-18-6-2)11-17(19-16)20-9-7-8-13(3)14(20)4/h10-11,13-14,18H,5-9,12H2,1-4H3. The van der Waals surface area contributed by atoms with Gasteiger partial charge in [-0.05, 0) is 56.3 Å². The van der Waals surface area contributed by atoms with Crippen LogP contribution in [0.5, 0.6) is 0 Å². The molecule has 1 aliphatic rings. The quantitative estimate of drug-likeness (QED) is 0.893. The third kappa shape index (κ3) is 3.51. The van der Waals surface area contributed by atoms with Crippen LogP contribution in [0.25, 0.3) is 0 Å². The third-order valence-corrected chi connectivity index (χ3v) is 4.53. The summed E-state index contributed by atoms with van der Waals surface area (Å²) in [6.45, 7) is 12.1. The molecule has 1 saturated heterocycles. The summed E-state index contributed by atoms with van der Waals surface area (Å²) in [6, 6.07) is 5.11. The number of anilines is 1. The second-order valence-electron chi connectivity index (χ2n) is 6.01. The lowest BCUT2D eigenvalue weighted by Crippen LogP contribution is -2.43. The molecule has 0 bridgehead atoms. The summed E-state index contributed by atoms with van der Waals surface area (Å²) in [7, 11) is 0. The second kappa shape index (κ2) is 7.07. The number of pyridine rings is 1. The van der Waals surface area contributed by atoms with Gasteiger partial charge in [-0.3, -0.25) is 0 Å². The van der Waals surface area contributed by atoms with Crippen molar-refractivity contribution < 1.29 is 0 Å². The van der Waals surface area contributed by atoms with Gasteiger partial charge in [-0.25, -0.2) is 4.98 Å². The Labute approximate surface area is 123 Å². The average molecular weight is 275 g/mol. The van der Waals surface area contributed by atoms with Crippen LogP contribution in [0.1, 0.15) is 51.8 Å². The van der Waals surface area contributed by atoms with Crippen LogP contribution in [0.3, 0.4) is 0 Å². The third-order valence-electron chi connectivity index (χ3n) is 4.53. The molecular formula is C17H29N3. The van der Waals surface area contributed by atoms with Crippen molar-refractivity contribution in [2.24, 2.45) is 5.92 Å². The van der Waals surface area contributed by atoms with Crippen molar-refractivity contribution in [2.45, 2.75) is 59.5 Å². The van der Waals surface area contributed by atoms with Gasteiger partial charge in [-0.15, -0.1) is 0 Å². The predicted molar refractivity (Wildman–Crippen MR) is 86.2 cm³/mol. The number of nitrogens with zero attached hydrogens (tertiary/aromatic N) is 2. The summed E-state index contributed by atoms with van der Waals surface area (Å²) in [5, 5.41) is 3.42. The first-order valence-electron chi connectivity index (χ1n) is 8.12. The first kappa shape index (κ1) is 15.3. The Morgan fingerprint density at radius 2 is 2.10 bits per heavy atom. The van der Waals surface area contributed by atoms with Crippen LogP contribution in [0.15, 0.2) is 12.1 Å². The van der Waals surface area contributed by atoms with E-state index in [0.717, 1.165) is 32.0 Å². The Kier molecular flexibility index (Phi) is 5.41. The molecule has 1 aliphatic heterocycles. The van der Waals surface area contributed by atoms with Crippen molar-refractivity contribution >= 4 is 5.82 Å². The minimum absolute atomic E-state index is 0.593. The summed E-state index contributed by atoms with van der Waals surface area (Å²) in [4.78, 5) is 7.37. The van der Waals surface area contributed by atoms with E-state index in [0.29, 0.717) is 6.04 Å². The molecule has 0 saturated carbocycles. The van der Waals surface area contributed by atoms with E-state index in [1.54, 1.807) is 0 Å². The van der Waals surface area contributed by atoms with Crippen LogP contribution in [0.2, 0.25) is 0 Å². The first-order valence-corrected chi connectivity index (χ1v) is 8.12. The maximum Gasteiger partial charge on any atom is 0.129 e. The monoisotopic (exact) mass is 275 g/mol. The molecule has 20 heavy (non-hydrogen) atoms. The summed E-state index contributed by atoms with van der Waals surface area (Å²) in [5.74, 6) is 1.93. The molecule has 1 fully saturated rings. The number of hydrogen-bond donors (Lipinski definition) is 1. The van der Waals surface area contributed by atoms with Gasteiger partial charge in [0.25, 0.3) is 0 Å². The number of aromatic nitrogens is 1. The van der Waals surface area contributed by atoms with Crippen molar-refractivity contribution in [3.63, 3.8) is 0 Å². The van der Waals surface area contributed by atoms with Crippen molar-refractivity contribution in [3.05, 3.63) is 23.4 Å². The van der Waals surface area contributed by atoms with Crippen LogP contribution >= 0.6 is 0 Å². The van der Waals surface area contributed by atoms with E-state index in [2.05, 4.69) is 50.0 Å². The Morgan fingerprint density at radius 1 is 1.30 bits per heavy atom. The summed E-state index contributed by atoms with van der Waals surface area (Å²) < 4.78 is 0. The fourth-order valence-corrected chi connectivity index (χ4v) is 2.99. The second-order valence-corrected chi connectivity index (χ2v) is 6.01. The number of piperidine rings is 1. The fourth-order valence-electron chi connectivity index (χ4n) is 2.99. The SMILES string of the molecule is CCNCc1cc(CC)nc(N2CCCC(C)C2C)c1. The maximum absolute atomic E-state index is 4.87. The largest absolute Gasteiger partial charge is 0.354 e. The van der Waals surface area contributed by atoms with Crippen LogP contribution in [0.4, 0.5) is 5.82 Å². The molecule has 0 aliphatic carbocycles. The van der Waals surface area contributed by atoms with Gasteiger partial charge >= 0.3 is 0 Å². The molecule has 2 unspecified atom stereocenters. The molecule has 1 aromatic heterocycles. The van der Waals surface area contributed by atoms with Gasteiger partial charge in [-0.2, -0.15) is 0 Å². The lowest BCUT2D eigenvalue weighted by Gasteiger charge is -2.39. The Balaban J connectivity index is 2.24. The predicted octanol–water partition coefficient (Wildman–Crippen LogP) is 3.38. The summed E-state index contributed by atoms with van der Waals surface area (Å²) in [6.07, 6.45) is 3.63. The van der Waals surface area contributed by atoms with E-state index < -0.39 is 0 Å². The van der Waals surface area contributed by atoms with Crippen molar-refractivity contribution in [1.29, 1.82) is 0 Å². The summed E-state index contributed by atoms with van der Waals surface area (Å²) >= 11 is 0. The van der Waals surface area contributed by atoms with Gasteiger partial charge < -0.3 is 10.2 Å². The Hall–Kier alpha value is -1.09. The normalized spacial score (nSPS) is 23.1. The molecule has 3 nitrogen and oxygen atoms in total. The van der Waals surface area contributed by atoms with E-state index in [4.69, 9.17) is 4.98 Å². The lowest BCUT2D eigenvalue weighted by molar-refractivity contribution is 0.361. The smallest absolute Gasteiger partial charge is 0.129 e. The Morgan fingerprint density at radius 3 is 2.80 bits per heavy atom. The van der Waals surface area contributed by atoms with Crippen molar-refractivity contribution in [3.8, 4) is 0 Å². The minimum atomic E-state index is 0.593. The zero-order valence-electron chi connectivity index (χ0n) is 13.4. The molecule has 112 valence electrons. The van der Waals surface area contributed by atoms with E-state index in [1.807, 2.05) is 0 Å². The molecule has 2 heterocycles. The number of nitrogens with one attached hydrogen (secondary N) is 1. The number of rotatable bonds is 5. The molecule has 3 heteroatoms. The van der Waals surface area contributed by atoms with E-state index in [1.165, 1.54) is 29.9 Å². The van der Waals surface area contributed by atoms with E-state index in [9.17, 15) is 0 Å². The molecule has 1 aromatic rings. The van der Waals surface area contributed by atoms with Crippen LogP contribution in [0, 0.1) is 5.92 Å². The molecule has 0 radical (unpaired) electrons. The van der Waals surface area contributed by atoms with Gasteiger partial charge in [-0.1, -0.05) is 20.8 Å². The summed E-state index contributed by atoms with van der Waals surface area (Å²) in [5.41, 5.74) is 2.57. The Bertz CT molecular complexity index is 430. The highest BCUT2D eigenvalue weighted by molar-refractivity contribution is 5.44. The number of aryl methyl sites for hydroxylation is 1. The van der Waals surface area contributed by atoms with E-state index >= 15 is 0 Å². The molecule has 0 aromatic carbocycles. The maximum atomic E-state index is 4.87. The highest BCUT2D eigenvalue weighted by Crippen LogP contribution is 2.28. The first-order chi connectivity index (χ1) is 9.65. The van der Waals surface area contributed by atoms with Crippen molar-refractivity contribution in [1.82, 2.24) is 10.3 Å².